The maximum absolute atomic E-state index is 14.1. The minimum atomic E-state index is -0.625. The van der Waals surface area contributed by atoms with Gasteiger partial charge in [-0.15, -0.1) is 0 Å². The molecule has 190 valence electrons. The van der Waals surface area contributed by atoms with Crippen molar-refractivity contribution in [1.29, 1.82) is 0 Å². The van der Waals surface area contributed by atoms with Gasteiger partial charge in [-0.1, -0.05) is 42.5 Å². The van der Waals surface area contributed by atoms with Crippen LogP contribution in [0.25, 0.3) is 0 Å². The van der Waals surface area contributed by atoms with Crippen LogP contribution in [-0.2, 0) is 9.53 Å². The predicted molar refractivity (Wildman–Crippen MR) is 132 cm³/mol. The van der Waals surface area contributed by atoms with Gasteiger partial charge in [0.2, 0.25) is 0 Å². The first-order valence-corrected chi connectivity index (χ1v) is 12.2. The van der Waals surface area contributed by atoms with Crippen LogP contribution in [-0.4, -0.2) is 78.5 Å². The van der Waals surface area contributed by atoms with Gasteiger partial charge in [-0.25, -0.2) is 14.0 Å². The van der Waals surface area contributed by atoms with E-state index < -0.39 is 17.8 Å². The Bertz CT molecular complexity index is 1150. The lowest BCUT2D eigenvalue weighted by molar-refractivity contribution is -0.139. The second-order valence-electron chi connectivity index (χ2n) is 8.67. The fourth-order valence-electron chi connectivity index (χ4n) is 4.68. The third kappa shape index (κ3) is 5.26. The predicted octanol–water partition coefficient (Wildman–Crippen LogP) is 3.19. The molecule has 0 aromatic heterocycles. The summed E-state index contributed by atoms with van der Waals surface area (Å²) in [6.45, 7) is 6.43. The monoisotopic (exact) mass is 494 g/mol. The van der Waals surface area contributed by atoms with Crippen molar-refractivity contribution in [2.45, 2.75) is 19.9 Å². The lowest BCUT2D eigenvalue weighted by Crippen LogP contribution is -2.53. The zero-order chi connectivity index (χ0) is 25.7. The van der Waals surface area contributed by atoms with Crippen molar-refractivity contribution in [3.63, 3.8) is 0 Å². The molecule has 2 aliphatic rings. The van der Waals surface area contributed by atoms with Crippen LogP contribution in [0.4, 0.5) is 9.18 Å². The van der Waals surface area contributed by atoms with E-state index in [0.29, 0.717) is 50.5 Å². The van der Waals surface area contributed by atoms with Crippen molar-refractivity contribution in [3.8, 4) is 0 Å². The standard InChI is InChI=1S/C27H31FN4O4/c1-3-32-22(18-30-14-16-31(17-15-30)25(33)20-12-8-9-13-21(20)28)23(26(34)36-4-2)24(29-27(32)35)19-10-6-5-7-11-19/h5-13,24H,3-4,14-18H2,1-2H3,(H,29,35)/t24-/m1/s1. The topological polar surface area (TPSA) is 82.2 Å². The highest BCUT2D eigenvalue weighted by Gasteiger charge is 2.38. The summed E-state index contributed by atoms with van der Waals surface area (Å²) < 4.78 is 19.5. The van der Waals surface area contributed by atoms with E-state index in [9.17, 15) is 18.8 Å². The first kappa shape index (κ1) is 25.4. The Morgan fingerprint density at radius 1 is 1.00 bits per heavy atom. The van der Waals surface area contributed by atoms with Crippen LogP contribution in [0.1, 0.15) is 35.8 Å². The second kappa shape index (κ2) is 11.3. The molecule has 0 saturated carbocycles. The smallest absolute Gasteiger partial charge is 0.338 e. The van der Waals surface area contributed by atoms with Crippen LogP contribution in [0.15, 0.2) is 65.9 Å². The van der Waals surface area contributed by atoms with Crippen molar-refractivity contribution in [2.24, 2.45) is 0 Å². The van der Waals surface area contributed by atoms with E-state index in [-0.39, 0.29) is 24.1 Å². The summed E-state index contributed by atoms with van der Waals surface area (Å²) in [4.78, 5) is 44.3. The van der Waals surface area contributed by atoms with Crippen LogP contribution >= 0.6 is 0 Å². The quantitative estimate of drug-likeness (QED) is 0.598. The van der Waals surface area contributed by atoms with Gasteiger partial charge in [0.15, 0.2) is 0 Å². The minimum Gasteiger partial charge on any atom is -0.463 e. The number of carbonyl (C=O) groups is 3. The van der Waals surface area contributed by atoms with E-state index in [0.717, 1.165) is 5.56 Å². The SMILES string of the molecule is CCOC(=O)C1=C(CN2CCN(C(=O)c3ccccc3F)CC2)N(CC)C(=O)N[C@@H]1c1ccccc1. The molecule has 1 fully saturated rings. The highest BCUT2D eigenvalue weighted by molar-refractivity contribution is 5.95. The number of esters is 1. The van der Waals surface area contributed by atoms with Gasteiger partial charge in [0.25, 0.3) is 5.91 Å². The molecule has 2 aromatic carbocycles. The van der Waals surface area contributed by atoms with Gasteiger partial charge in [-0.3, -0.25) is 14.6 Å². The molecule has 4 rings (SSSR count). The van der Waals surface area contributed by atoms with Gasteiger partial charge >= 0.3 is 12.0 Å². The summed E-state index contributed by atoms with van der Waals surface area (Å²) in [7, 11) is 0. The van der Waals surface area contributed by atoms with Crippen LogP contribution in [0.3, 0.4) is 0 Å². The third-order valence-electron chi connectivity index (χ3n) is 6.52. The number of halogens is 1. The van der Waals surface area contributed by atoms with Gasteiger partial charge in [-0.05, 0) is 31.5 Å². The number of carbonyl (C=O) groups excluding carboxylic acids is 3. The van der Waals surface area contributed by atoms with Crippen molar-refractivity contribution in [3.05, 3.63) is 82.8 Å². The van der Waals surface area contributed by atoms with Crippen molar-refractivity contribution < 1.29 is 23.5 Å². The molecule has 1 saturated heterocycles. The van der Waals surface area contributed by atoms with Crippen LogP contribution in [0.2, 0.25) is 0 Å². The molecule has 1 atom stereocenters. The number of benzene rings is 2. The number of piperazine rings is 1. The first-order valence-electron chi connectivity index (χ1n) is 12.2. The van der Waals surface area contributed by atoms with E-state index in [1.54, 1.807) is 28.9 Å². The van der Waals surface area contributed by atoms with Crippen molar-refractivity contribution in [2.75, 3.05) is 45.9 Å². The molecule has 36 heavy (non-hydrogen) atoms. The number of nitrogens with zero attached hydrogens (tertiary/aromatic N) is 3. The Morgan fingerprint density at radius 2 is 1.67 bits per heavy atom. The maximum atomic E-state index is 14.1. The minimum absolute atomic E-state index is 0.0602. The number of hydrogen-bond acceptors (Lipinski definition) is 5. The normalized spacial score (nSPS) is 18.8. The Hall–Kier alpha value is -3.72. The lowest BCUT2D eigenvalue weighted by atomic mass is 9.94. The zero-order valence-electron chi connectivity index (χ0n) is 20.6. The highest BCUT2D eigenvalue weighted by atomic mass is 19.1. The number of hydrogen-bond donors (Lipinski definition) is 1. The zero-order valence-corrected chi connectivity index (χ0v) is 20.6. The fraction of sp³-hybridized carbons (Fsp3) is 0.370. The molecule has 0 aliphatic carbocycles. The summed E-state index contributed by atoms with van der Waals surface area (Å²) in [5, 5.41) is 2.96. The van der Waals surface area contributed by atoms with E-state index in [4.69, 9.17) is 4.74 Å². The third-order valence-corrected chi connectivity index (χ3v) is 6.52. The average molecular weight is 495 g/mol. The number of rotatable bonds is 7. The van der Waals surface area contributed by atoms with E-state index in [1.807, 2.05) is 37.3 Å². The maximum Gasteiger partial charge on any atom is 0.338 e. The highest BCUT2D eigenvalue weighted by Crippen LogP contribution is 2.32. The largest absolute Gasteiger partial charge is 0.463 e. The molecule has 0 radical (unpaired) electrons. The average Bonchev–Trinajstić information content (AvgIpc) is 2.89. The molecule has 0 bridgehead atoms. The van der Waals surface area contributed by atoms with Crippen molar-refractivity contribution >= 4 is 17.9 Å². The molecule has 0 spiro atoms. The Morgan fingerprint density at radius 3 is 2.31 bits per heavy atom. The molecular weight excluding hydrogens is 463 g/mol. The fourth-order valence-corrected chi connectivity index (χ4v) is 4.68. The van der Waals surface area contributed by atoms with Crippen molar-refractivity contribution in [1.82, 2.24) is 20.0 Å². The van der Waals surface area contributed by atoms with E-state index in [1.165, 1.54) is 12.1 Å². The van der Waals surface area contributed by atoms with E-state index >= 15 is 0 Å². The summed E-state index contributed by atoms with van der Waals surface area (Å²) in [5.41, 5.74) is 1.87. The summed E-state index contributed by atoms with van der Waals surface area (Å²) >= 11 is 0. The molecule has 2 aliphatic heterocycles. The Balaban J connectivity index is 1.58. The Labute approximate surface area is 210 Å². The molecular formula is C27H31FN4O4. The number of likely N-dealkylation sites (N-methyl/N-ethyl adjacent to an activating group) is 1. The lowest BCUT2D eigenvalue weighted by Gasteiger charge is -2.40. The molecule has 2 aromatic rings. The second-order valence-corrected chi connectivity index (χ2v) is 8.67. The summed E-state index contributed by atoms with van der Waals surface area (Å²) in [5.74, 6) is -1.34. The molecule has 2 heterocycles. The summed E-state index contributed by atoms with van der Waals surface area (Å²) in [6, 6.07) is 14.4. The van der Waals surface area contributed by atoms with E-state index in [2.05, 4.69) is 10.2 Å². The van der Waals surface area contributed by atoms with Crippen LogP contribution in [0.5, 0.6) is 0 Å². The number of ether oxygens (including phenoxy) is 1. The van der Waals surface area contributed by atoms with Crippen LogP contribution < -0.4 is 5.32 Å². The first-order chi connectivity index (χ1) is 17.4. The molecule has 8 nitrogen and oxygen atoms in total. The molecule has 1 N–H and O–H groups in total. The van der Waals surface area contributed by atoms with Gasteiger partial charge < -0.3 is 15.0 Å². The number of amides is 3. The van der Waals surface area contributed by atoms with Gasteiger partial charge in [-0.2, -0.15) is 0 Å². The van der Waals surface area contributed by atoms with Gasteiger partial charge in [0.05, 0.1) is 23.8 Å². The van der Waals surface area contributed by atoms with Crippen LogP contribution in [0, 0.1) is 5.82 Å². The Kier molecular flexibility index (Phi) is 8.00. The molecule has 0 unspecified atom stereocenters. The number of urea groups is 1. The van der Waals surface area contributed by atoms with Gasteiger partial charge in [0.1, 0.15) is 5.82 Å². The number of nitrogens with one attached hydrogen (secondary N) is 1. The molecule has 3 amide bonds. The molecule has 9 heteroatoms. The van der Waals surface area contributed by atoms with Gasteiger partial charge in [0, 0.05) is 45.0 Å². The summed E-state index contributed by atoms with van der Waals surface area (Å²) in [6.07, 6.45) is 0.